The molecule has 1 aromatic heterocycles. The van der Waals surface area contributed by atoms with E-state index in [0.717, 1.165) is 0 Å². The Morgan fingerprint density at radius 1 is 1.28 bits per heavy atom. The van der Waals surface area contributed by atoms with Crippen molar-refractivity contribution >= 4 is 28.5 Å². The lowest BCUT2D eigenvalue weighted by Crippen LogP contribution is -2.27. The second kappa shape index (κ2) is 8.57. The minimum atomic E-state index is -1.34. The van der Waals surface area contributed by atoms with Gasteiger partial charge in [-0.25, -0.2) is 0 Å². The molecule has 29 heavy (non-hydrogen) atoms. The number of nitrogens with one attached hydrogen (secondary N) is 1. The molecule has 150 valence electrons. The van der Waals surface area contributed by atoms with Crippen LogP contribution in [0.2, 0.25) is 0 Å². The molecule has 0 radical (unpaired) electrons. The molecule has 1 amide bonds. The van der Waals surface area contributed by atoms with Crippen LogP contribution in [0.5, 0.6) is 5.75 Å². The second-order valence-corrected chi connectivity index (χ2v) is 7.27. The smallest absolute Gasteiger partial charge is 0.328 e. The van der Waals surface area contributed by atoms with Crippen LogP contribution in [0.1, 0.15) is 51.7 Å². The molecular weight excluding hydrogens is 372 g/mol. The monoisotopic (exact) mass is 394 g/mol. The number of esters is 1. The number of ether oxygens (including phenoxy) is 2. The van der Waals surface area contributed by atoms with Crippen molar-refractivity contribution in [1.29, 1.82) is 10.5 Å². The average Bonchev–Trinajstić information content (AvgIpc) is 2.61. The zero-order valence-electron chi connectivity index (χ0n) is 17.0. The molecule has 0 aliphatic rings. The van der Waals surface area contributed by atoms with Gasteiger partial charge in [0.1, 0.15) is 17.4 Å². The number of carbonyl (C=O) groups is 2. The van der Waals surface area contributed by atoms with Crippen LogP contribution < -0.4 is 10.1 Å². The van der Waals surface area contributed by atoms with Gasteiger partial charge in [0.2, 0.25) is 5.91 Å². The number of anilines is 1. The molecule has 0 spiro atoms. The Morgan fingerprint density at radius 3 is 2.48 bits per heavy atom. The molecule has 8 heteroatoms. The van der Waals surface area contributed by atoms with Crippen LogP contribution in [0.3, 0.4) is 0 Å². The highest BCUT2D eigenvalue weighted by Gasteiger charge is 2.31. The molecule has 2 aromatic rings. The summed E-state index contributed by atoms with van der Waals surface area (Å²) in [5.41, 5.74) is 0.230. The van der Waals surface area contributed by atoms with Gasteiger partial charge in [-0.1, -0.05) is 0 Å². The summed E-state index contributed by atoms with van der Waals surface area (Å²) in [5.74, 6) is -2.03. The first-order valence-corrected chi connectivity index (χ1v) is 9.00. The van der Waals surface area contributed by atoms with E-state index >= 15 is 0 Å². The second-order valence-electron chi connectivity index (χ2n) is 7.27. The average molecular weight is 394 g/mol. The predicted molar refractivity (Wildman–Crippen MR) is 106 cm³/mol. The van der Waals surface area contributed by atoms with E-state index in [9.17, 15) is 20.1 Å². The van der Waals surface area contributed by atoms with E-state index in [1.54, 1.807) is 39.8 Å². The number of fused-ring (bicyclic) bond motifs is 1. The minimum Gasteiger partial charge on any atom is -0.492 e. The van der Waals surface area contributed by atoms with Crippen LogP contribution in [0.4, 0.5) is 5.69 Å². The summed E-state index contributed by atoms with van der Waals surface area (Å²) < 4.78 is 10.9. The van der Waals surface area contributed by atoms with Gasteiger partial charge >= 0.3 is 5.97 Å². The molecule has 8 nitrogen and oxygen atoms in total. The van der Waals surface area contributed by atoms with E-state index in [2.05, 4.69) is 10.3 Å². The van der Waals surface area contributed by atoms with E-state index in [0.29, 0.717) is 28.9 Å². The molecule has 1 aromatic carbocycles. The molecule has 0 saturated heterocycles. The van der Waals surface area contributed by atoms with Crippen molar-refractivity contribution in [3.8, 4) is 17.9 Å². The van der Waals surface area contributed by atoms with Crippen molar-refractivity contribution in [3.05, 3.63) is 29.5 Å². The van der Waals surface area contributed by atoms with Crippen LogP contribution in [0.25, 0.3) is 10.9 Å². The molecule has 1 atom stereocenters. The van der Waals surface area contributed by atoms with Crippen molar-refractivity contribution in [3.63, 3.8) is 0 Å². The van der Waals surface area contributed by atoms with Gasteiger partial charge in [-0.2, -0.15) is 10.5 Å². The maximum absolute atomic E-state index is 12.7. The van der Waals surface area contributed by atoms with E-state index in [-0.39, 0.29) is 17.0 Å². The largest absolute Gasteiger partial charge is 0.492 e. The summed E-state index contributed by atoms with van der Waals surface area (Å²) >= 11 is 0. The summed E-state index contributed by atoms with van der Waals surface area (Å²) in [5, 5.41) is 22.3. The Morgan fingerprint density at radius 2 is 1.97 bits per heavy atom. The lowest BCUT2D eigenvalue weighted by Gasteiger charge is -2.22. The fourth-order valence-electron chi connectivity index (χ4n) is 2.80. The SMILES string of the molecule is CCOc1cc2ncc(C#N)c(C(C#N)C(=O)OC(C)(C)C)c2cc1NC(C)=O. The van der Waals surface area contributed by atoms with Gasteiger partial charge in [0.15, 0.2) is 5.92 Å². The van der Waals surface area contributed by atoms with Gasteiger partial charge in [-0.3, -0.25) is 14.6 Å². The van der Waals surface area contributed by atoms with Gasteiger partial charge < -0.3 is 14.8 Å². The number of pyridine rings is 1. The number of benzene rings is 1. The first-order valence-electron chi connectivity index (χ1n) is 9.00. The van der Waals surface area contributed by atoms with E-state index in [4.69, 9.17) is 9.47 Å². The number of rotatable bonds is 5. The van der Waals surface area contributed by atoms with Crippen LogP contribution in [0.15, 0.2) is 18.3 Å². The van der Waals surface area contributed by atoms with Crippen LogP contribution in [0, 0.1) is 22.7 Å². The summed E-state index contributed by atoms with van der Waals surface area (Å²) in [4.78, 5) is 28.5. The van der Waals surface area contributed by atoms with Crippen molar-refractivity contribution in [2.75, 3.05) is 11.9 Å². The third kappa shape index (κ3) is 4.99. The lowest BCUT2D eigenvalue weighted by molar-refractivity contribution is -0.155. The maximum Gasteiger partial charge on any atom is 0.328 e. The Hall–Kier alpha value is -3.65. The Balaban J connectivity index is 2.78. The van der Waals surface area contributed by atoms with Crippen LogP contribution >= 0.6 is 0 Å². The lowest BCUT2D eigenvalue weighted by atomic mass is 9.92. The molecule has 0 bridgehead atoms. The van der Waals surface area contributed by atoms with Crippen LogP contribution in [-0.2, 0) is 14.3 Å². The first kappa shape index (κ1) is 21.6. The highest BCUT2D eigenvalue weighted by molar-refractivity contribution is 5.98. The van der Waals surface area contributed by atoms with Gasteiger partial charge in [-0.05, 0) is 33.8 Å². The van der Waals surface area contributed by atoms with Gasteiger partial charge in [-0.15, -0.1) is 0 Å². The molecule has 0 fully saturated rings. The topological polar surface area (TPSA) is 125 Å². The number of hydrogen-bond donors (Lipinski definition) is 1. The van der Waals surface area contributed by atoms with E-state index in [1.165, 1.54) is 13.1 Å². The Bertz CT molecular complexity index is 1040. The Kier molecular flexibility index (Phi) is 6.40. The molecule has 2 rings (SSSR count). The number of nitrogens with zero attached hydrogens (tertiary/aromatic N) is 3. The quantitative estimate of drug-likeness (QED) is 0.770. The summed E-state index contributed by atoms with van der Waals surface area (Å²) in [6, 6.07) is 7.07. The van der Waals surface area contributed by atoms with Gasteiger partial charge in [0.25, 0.3) is 0 Å². The Labute approximate surface area is 169 Å². The van der Waals surface area contributed by atoms with Crippen molar-refractivity contribution in [2.24, 2.45) is 0 Å². The molecule has 0 aliphatic carbocycles. The number of carbonyl (C=O) groups excluding carboxylic acids is 2. The molecule has 1 heterocycles. The number of hydrogen-bond acceptors (Lipinski definition) is 7. The van der Waals surface area contributed by atoms with Crippen molar-refractivity contribution in [2.45, 2.75) is 46.1 Å². The number of nitriles is 2. The summed E-state index contributed by atoms with van der Waals surface area (Å²) in [6.07, 6.45) is 1.31. The van der Waals surface area contributed by atoms with E-state index in [1.807, 2.05) is 12.1 Å². The fourth-order valence-corrected chi connectivity index (χ4v) is 2.80. The standard InChI is InChI=1S/C21H22N4O4/c1-6-28-18-8-16-14(7-17(18)25-12(2)26)19(13(9-22)11-24-16)15(10-23)20(27)29-21(3,4)5/h7-8,11,15H,6H2,1-5H3,(H,25,26). The first-order chi connectivity index (χ1) is 13.6. The highest BCUT2D eigenvalue weighted by atomic mass is 16.6. The zero-order chi connectivity index (χ0) is 21.8. The van der Waals surface area contributed by atoms with Crippen LogP contribution in [-0.4, -0.2) is 29.1 Å². The minimum absolute atomic E-state index is 0.0767. The third-order valence-electron chi connectivity index (χ3n) is 3.80. The number of aromatic nitrogens is 1. The van der Waals surface area contributed by atoms with Crippen molar-refractivity contribution < 1.29 is 19.1 Å². The predicted octanol–water partition coefficient (Wildman–Crippen LogP) is 3.41. The molecule has 0 aliphatic heterocycles. The van der Waals surface area contributed by atoms with Crippen molar-refractivity contribution in [1.82, 2.24) is 4.98 Å². The normalized spacial score (nSPS) is 11.8. The third-order valence-corrected chi connectivity index (χ3v) is 3.80. The molecule has 1 unspecified atom stereocenters. The number of amides is 1. The molecular formula is C21H22N4O4. The zero-order valence-corrected chi connectivity index (χ0v) is 17.0. The highest BCUT2D eigenvalue weighted by Crippen LogP contribution is 2.36. The van der Waals surface area contributed by atoms with E-state index < -0.39 is 17.5 Å². The molecule has 0 saturated carbocycles. The molecule has 1 N–H and O–H groups in total. The summed E-state index contributed by atoms with van der Waals surface area (Å²) in [7, 11) is 0. The van der Waals surface area contributed by atoms with Gasteiger partial charge in [0, 0.05) is 30.1 Å². The van der Waals surface area contributed by atoms with Gasteiger partial charge in [0.05, 0.1) is 29.4 Å². The fraction of sp³-hybridized carbons (Fsp3) is 0.381. The summed E-state index contributed by atoms with van der Waals surface area (Å²) in [6.45, 7) is 8.59. The maximum atomic E-state index is 12.7.